The van der Waals surface area contributed by atoms with Gasteiger partial charge in [-0.3, -0.25) is 4.90 Å². The average molecular weight is 139 g/mol. The van der Waals surface area contributed by atoms with Gasteiger partial charge in [0, 0.05) is 6.54 Å². The van der Waals surface area contributed by atoms with Gasteiger partial charge in [-0.15, -0.1) is 0 Å². The van der Waals surface area contributed by atoms with Crippen LogP contribution in [0.4, 0.5) is 0 Å². The monoisotopic (exact) mass is 139 g/mol. The van der Waals surface area contributed by atoms with Crippen molar-refractivity contribution in [1.82, 2.24) is 4.90 Å². The first-order valence-electron chi connectivity index (χ1n) is 4.27. The summed E-state index contributed by atoms with van der Waals surface area (Å²) in [6, 6.07) is 0. The smallest absolute Gasteiger partial charge is 0.0853 e. The molecule has 0 bridgehead atoms. The Morgan fingerprint density at radius 3 is 3.00 bits per heavy atom. The lowest BCUT2D eigenvalue weighted by molar-refractivity contribution is -0.0990. The van der Waals surface area contributed by atoms with Gasteiger partial charge < -0.3 is 5.11 Å². The first-order chi connectivity index (χ1) is 4.84. The van der Waals surface area contributed by atoms with E-state index in [2.05, 4.69) is 4.90 Å². The summed E-state index contributed by atoms with van der Waals surface area (Å²) in [4.78, 5) is 2.48. The van der Waals surface area contributed by atoms with Crippen molar-refractivity contribution >= 4 is 0 Å². The summed E-state index contributed by atoms with van der Waals surface area (Å²) in [5.41, 5.74) is 0.332. The summed E-state index contributed by atoms with van der Waals surface area (Å²) >= 11 is 0. The zero-order valence-corrected chi connectivity index (χ0v) is 6.08. The molecule has 3 atom stereocenters. The van der Waals surface area contributed by atoms with E-state index < -0.39 is 0 Å². The zero-order chi connectivity index (χ0) is 6.77. The van der Waals surface area contributed by atoms with E-state index >= 15 is 0 Å². The lowest BCUT2D eigenvalue weighted by Crippen LogP contribution is -2.65. The molecule has 3 aliphatic rings. The third kappa shape index (κ3) is 0.397. The molecule has 1 N–H and O–H groups in total. The second kappa shape index (κ2) is 1.41. The van der Waals surface area contributed by atoms with Gasteiger partial charge in [-0.1, -0.05) is 0 Å². The third-order valence-electron chi connectivity index (χ3n) is 3.66. The van der Waals surface area contributed by atoms with Crippen LogP contribution in [0.25, 0.3) is 0 Å². The van der Waals surface area contributed by atoms with Crippen molar-refractivity contribution in [3.05, 3.63) is 0 Å². The van der Waals surface area contributed by atoms with Crippen LogP contribution in [0.2, 0.25) is 0 Å². The van der Waals surface area contributed by atoms with Crippen molar-refractivity contribution in [1.29, 1.82) is 0 Å². The molecule has 0 aromatic rings. The van der Waals surface area contributed by atoms with Crippen LogP contribution < -0.4 is 0 Å². The first-order valence-corrected chi connectivity index (χ1v) is 4.27. The summed E-state index contributed by atoms with van der Waals surface area (Å²) in [7, 11) is 0. The fourth-order valence-corrected chi connectivity index (χ4v) is 2.95. The number of hydrogen-bond acceptors (Lipinski definition) is 2. The molecule has 10 heavy (non-hydrogen) atoms. The molecule has 2 heterocycles. The highest BCUT2D eigenvalue weighted by Gasteiger charge is 2.69. The quantitative estimate of drug-likeness (QED) is 0.519. The van der Waals surface area contributed by atoms with Gasteiger partial charge in [0.05, 0.1) is 11.6 Å². The molecule has 0 aromatic carbocycles. The minimum atomic E-state index is 0.0257. The molecule has 2 nitrogen and oxygen atoms in total. The zero-order valence-electron chi connectivity index (χ0n) is 6.08. The summed E-state index contributed by atoms with van der Waals surface area (Å²) < 4.78 is 0. The molecule has 1 saturated carbocycles. The van der Waals surface area contributed by atoms with E-state index in [1.54, 1.807) is 0 Å². The minimum absolute atomic E-state index is 0.0257. The number of rotatable bonds is 0. The highest BCUT2D eigenvalue weighted by atomic mass is 16.3. The van der Waals surface area contributed by atoms with Crippen LogP contribution >= 0.6 is 0 Å². The van der Waals surface area contributed by atoms with E-state index in [0.717, 1.165) is 12.5 Å². The molecule has 2 unspecified atom stereocenters. The molecule has 0 amide bonds. The molecule has 56 valence electrons. The molecule has 0 aromatic heterocycles. The van der Waals surface area contributed by atoms with Crippen LogP contribution in [-0.4, -0.2) is 34.7 Å². The maximum atomic E-state index is 9.50. The third-order valence-corrected chi connectivity index (χ3v) is 3.66. The van der Waals surface area contributed by atoms with Crippen LogP contribution in [0.15, 0.2) is 0 Å². The van der Waals surface area contributed by atoms with Gasteiger partial charge in [-0.2, -0.15) is 0 Å². The Bertz CT molecular complexity index is 180. The molecule has 3 fully saturated rings. The van der Waals surface area contributed by atoms with E-state index in [1.807, 2.05) is 0 Å². The first kappa shape index (κ1) is 5.56. The van der Waals surface area contributed by atoms with Crippen molar-refractivity contribution in [2.75, 3.05) is 13.1 Å². The molecule has 0 radical (unpaired) electrons. The molecular weight excluding hydrogens is 126 g/mol. The summed E-state index contributed by atoms with van der Waals surface area (Å²) in [5.74, 6) is 0.866. The summed E-state index contributed by atoms with van der Waals surface area (Å²) in [6.45, 7) is 2.20. The molecule has 3 rings (SSSR count). The van der Waals surface area contributed by atoms with Gasteiger partial charge in [0.1, 0.15) is 0 Å². The van der Waals surface area contributed by atoms with Gasteiger partial charge >= 0.3 is 0 Å². The predicted octanol–water partition coefficient (Wildman–Crippen LogP) is 0.215. The maximum Gasteiger partial charge on any atom is 0.0853 e. The Balaban J connectivity index is 1.89. The van der Waals surface area contributed by atoms with Crippen molar-refractivity contribution in [2.45, 2.75) is 30.9 Å². The van der Waals surface area contributed by atoms with Crippen molar-refractivity contribution in [3.8, 4) is 0 Å². The van der Waals surface area contributed by atoms with E-state index in [4.69, 9.17) is 0 Å². The molecule has 2 saturated heterocycles. The Labute approximate surface area is 60.8 Å². The van der Waals surface area contributed by atoms with Crippen LogP contribution in [0.3, 0.4) is 0 Å². The van der Waals surface area contributed by atoms with Crippen LogP contribution in [0, 0.1) is 5.92 Å². The molecule has 2 heteroatoms. The van der Waals surface area contributed by atoms with Crippen molar-refractivity contribution in [3.63, 3.8) is 0 Å². The highest BCUT2D eigenvalue weighted by molar-refractivity contribution is 5.24. The van der Waals surface area contributed by atoms with Gasteiger partial charge in [0.2, 0.25) is 0 Å². The largest absolute Gasteiger partial charge is 0.390 e. The SMILES string of the molecule is O[C@@H]1CN2CCCC3CC312. The van der Waals surface area contributed by atoms with Crippen molar-refractivity contribution in [2.24, 2.45) is 5.92 Å². The Morgan fingerprint density at radius 2 is 2.40 bits per heavy atom. The highest BCUT2D eigenvalue weighted by Crippen LogP contribution is 2.60. The fraction of sp³-hybridized carbons (Fsp3) is 1.00. The van der Waals surface area contributed by atoms with Gasteiger partial charge in [-0.05, 0) is 31.7 Å². The van der Waals surface area contributed by atoms with Crippen LogP contribution in [0.5, 0.6) is 0 Å². The number of piperidine rings is 1. The standard InChI is InChI=1S/C8H13NO/c10-7-5-9-3-1-2-6-4-8(6,7)9/h6-7,10H,1-5H2/t6?,7-,8?/m1/s1. The molecule has 2 aliphatic heterocycles. The van der Waals surface area contributed by atoms with E-state index in [-0.39, 0.29) is 6.10 Å². The lowest BCUT2D eigenvalue weighted by Gasteiger charge is -2.49. The number of hydrogen-bond donors (Lipinski definition) is 1. The Morgan fingerprint density at radius 1 is 1.50 bits per heavy atom. The Kier molecular flexibility index (Phi) is 0.783. The minimum Gasteiger partial charge on any atom is -0.390 e. The average Bonchev–Trinajstić information content (AvgIpc) is 2.64. The predicted molar refractivity (Wildman–Crippen MR) is 37.7 cm³/mol. The van der Waals surface area contributed by atoms with E-state index in [0.29, 0.717) is 5.54 Å². The Hall–Kier alpha value is -0.0800. The number of aliphatic hydroxyl groups excluding tert-OH is 1. The summed E-state index contributed by atoms with van der Waals surface area (Å²) in [6.07, 6.45) is 4.04. The van der Waals surface area contributed by atoms with E-state index in [1.165, 1.54) is 25.8 Å². The van der Waals surface area contributed by atoms with Gasteiger partial charge in [-0.25, -0.2) is 0 Å². The maximum absolute atomic E-state index is 9.50. The normalized spacial score (nSPS) is 58.5. The second-order valence-electron chi connectivity index (χ2n) is 4.00. The second-order valence-corrected chi connectivity index (χ2v) is 4.00. The van der Waals surface area contributed by atoms with Crippen LogP contribution in [-0.2, 0) is 0 Å². The number of aliphatic hydroxyl groups is 1. The molecular formula is C8H13NO. The van der Waals surface area contributed by atoms with Gasteiger partial charge in [0.15, 0.2) is 0 Å². The topological polar surface area (TPSA) is 23.5 Å². The van der Waals surface area contributed by atoms with E-state index in [9.17, 15) is 5.11 Å². The molecule has 1 aliphatic carbocycles. The number of nitrogens with zero attached hydrogens (tertiary/aromatic N) is 1. The van der Waals surface area contributed by atoms with Crippen LogP contribution in [0.1, 0.15) is 19.3 Å². The lowest BCUT2D eigenvalue weighted by atomic mass is 9.88. The summed E-state index contributed by atoms with van der Waals surface area (Å²) in [5, 5.41) is 9.50. The van der Waals surface area contributed by atoms with Gasteiger partial charge in [0.25, 0.3) is 0 Å². The van der Waals surface area contributed by atoms with Crippen molar-refractivity contribution < 1.29 is 5.11 Å². The fourth-order valence-electron chi connectivity index (χ4n) is 2.95. The molecule has 1 spiro atoms.